The molecule has 22 heteroatoms. The van der Waals surface area contributed by atoms with Gasteiger partial charge in [0.05, 0.1) is 31.2 Å². The monoisotopic (exact) mass is 836 g/mol. The highest BCUT2D eigenvalue weighted by Gasteiger charge is 2.35. The Morgan fingerprint density at radius 2 is 1.10 bits per heavy atom. The van der Waals surface area contributed by atoms with E-state index in [0.29, 0.717) is 11.3 Å². The van der Waals surface area contributed by atoms with Crippen LogP contribution in [0.2, 0.25) is 0 Å². The minimum Gasteiger partial charge on any atom is -0.481 e. The van der Waals surface area contributed by atoms with Crippen molar-refractivity contribution in [3.8, 4) is 0 Å². The highest BCUT2D eigenvalue weighted by molar-refractivity contribution is 6.00. The third kappa shape index (κ3) is 20.1. The second kappa shape index (κ2) is 25.1. The van der Waals surface area contributed by atoms with Gasteiger partial charge in [0.15, 0.2) is 0 Å². The minimum atomic E-state index is -1.92. The van der Waals surface area contributed by atoms with Gasteiger partial charge in [-0.25, -0.2) is 4.79 Å². The van der Waals surface area contributed by atoms with Crippen molar-refractivity contribution in [2.75, 3.05) is 11.9 Å². The van der Waals surface area contributed by atoms with Crippen LogP contribution >= 0.6 is 0 Å². The number of carboxylic acids is 3. The number of primary amides is 1. The second-order valence-electron chi connectivity index (χ2n) is 14.5. The lowest BCUT2D eigenvalue weighted by molar-refractivity contribution is -0.148. The largest absolute Gasteiger partial charge is 0.481 e. The number of benzene rings is 1. The van der Waals surface area contributed by atoms with Gasteiger partial charge in [0.25, 0.3) is 0 Å². The summed E-state index contributed by atoms with van der Waals surface area (Å²) in [6.45, 7) is 9.70. The number of hydrogen-bond acceptors (Lipinski definition) is 12. The number of carbonyl (C=O) groups excluding carboxylic acids is 7. The number of carboxylic acid groups (broad SMARTS) is 3. The van der Waals surface area contributed by atoms with E-state index in [-0.39, 0.29) is 37.9 Å². The Balaban J connectivity index is 3.26. The van der Waals surface area contributed by atoms with Crippen molar-refractivity contribution in [1.82, 2.24) is 31.9 Å². The Hall–Kier alpha value is -6.32. The molecule has 0 spiro atoms. The van der Waals surface area contributed by atoms with E-state index < -0.39 is 115 Å². The first-order chi connectivity index (χ1) is 27.5. The summed E-state index contributed by atoms with van der Waals surface area (Å²) in [6, 6.07) is -2.79. The van der Waals surface area contributed by atoms with Crippen LogP contribution in [0.15, 0.2) is 24.3 Å². The number of esters is 1. The van der Waals surface area contributed by atoms with Gasteiger partial charge < -0.3 is 63.0 Å². The molecule has 0 saturated carbocycles. The first kappa shape index (κ1) is 50.7. The highest BCUT2D eigenvalue weighted by Crippen LogP contribution is 2.14. The number of nitrogens with two attached hydrogens (primary N) is 1. The van der Waals surface area contributed by atoms with Gasteiger partial charge in [-0.15, -0.1) is 0 Å². The van der Waals surface area contributed by atoms with E-state index in [2.05, 4.69) is 37.2 Å². The average molecular weight is 837 g/mol. The summed E-state index contributed by atoms with van der Waals surface area (Å²) in [5, 5.41) is 45.1. The van der Waals surface area contributed by atoms with Crippen molar-refractivity contribution in [3.05, 3.63) is 29.8 Å². The molecule has 59 heavy (non-hydrogen) atoms. The predicted molar refractivity (Wildman–Crippen MR) is 208 cm³/mol. The zero-order valence-electron chi connectivity index (χ0n) is 33.8. The first-order valence-corrected chi connectivity index (χ1v) is 18.7. The van der Waals surface area contributed by atoms with Gasteiger partial charge in [0.2, 0.25) is 29.5 Å². The highest BCUT2D eigenvalue weighted by atomic mass is 16.5. The van der Waals surface area contributed by atoms with Gasteiger partial charge >= 0.3 is 29.9 Å². The molecule has 7 amide bonds. The summed E-state index contributed by atoms with van der Waals surface area (Å²) in [6.07, 6.45) is -2.69. The lowest BCUT2D eigenvalue weighted by Crippen LogP contribution is -2.60. The Morgan fingerprint density at radius 1 is 0.627 bits per heavy atom. The van der Waals surface area contributed by atoms with E-state index in [1.807, 2.05) is 0 Å². The van der Waals surface area contributed by atoms with E-state index in [1.54, 1.807) is 52.0 Å². The Kier molecular flexibility index (Phi) is 21.6. The van der Waals surface area contributed by atoms with E-state index in [0.717, 1.165) is 0 Å². The quantitative estimate of drug-likeness (QED) is 0.0400. The lowest BCUT2D eigenvalue weighted by Gasteiger charge is -2.28. The zero-order valence-corrected chi connectivity index (χ0v) is 33.8. The zero-order chi connectivity index (χ0) is 45.0. The van der Waals surface area contributed by atoms with Crippen molar-refractivity contribution in [3.63, 3.8) is 0 Å². The van der Waals surface area contributed by atoms with E-state index >= 15 is 0 Å². The molecular formula is C37H56N8O14. The number of aliphatic carboxylic acids is 3. The fraction of sp³-hybridized carbons (Fsp3) is 0.568. The molecule has 5 atom stereocenters. The number of nitrogens with one attached hydrogen (secondary N) is 7. The first-order valence-electron chi connectivity index (χ1n) is 18.7. The molecule has 0 radical (unpaired) electrons. The summed E-state index contributed by atoms with van der Waals surface area (Å²) >= 11 is 0. The third-order valence-corrected chi connectivity index (χ3v) is 8.18. The van der Waals surface area contributed by atoms with E-state index in [4.69, 9.17) is 10.5 Å². The third-order valence-electron chi connectivity index (χ3n) is 8.18. The Morgan fingerprint density at radius 3 is 1.56 bits per heavy atom. The number of amides is 7. The number of anilines is 1. The van der Waals surface area contributed by atoms with Crippen LogP contribution in [0.3, 0.4) is 0 Å². The molecule has 328 valence electrons. The summed E-state index contributed by atoms with van der Waals surface area (Å²) in [4.78, 5) is 125. The molecule has 0 aliphatic heterocycles. The molecule has 0 aliphatic carbocycles. The van der Waals surface area contributed by atoms with E-state index in [9.17, 15) is 63.3 Å². The van der Waals surface area contributed by atoms with Crippen LogP contribution in [0.1, 0.15) is 79.2 Å². The normalized spacial score (nSPS) is 13.5. The van der Waals surface area contributed by atoms with Crippen LogP contribution in [0.5, 0.6) is 0 Å². The van der Waals surface area contributed by atoms with Crippen molar-refractivity contribution >= 4 is 65.1 Å². The molecule has 0 aliphatic rings. The molecule has 0 bridgehead atoms. The molecule has 0 unspecified atom stereocenters. The predicted octanol–water partition coefficient (Wildman–Crippen LogP) is -0.841. The van der Waals surface area contributed by atoms with Crippen LogP contribution in [-0.2, 0) is 54.5 Å². The number of rotatable bonds is 26. The summed E-state index contributed by atoms with van der Waals surface area (Å²) < 4.78 is 5.20. The Bertz CT molecular complexity index is 1670. The maximum atomic E-state index is 13.7. The van der Waals surface area contributed by atoms with Gasteiger partial charge in [-0.3, -0.25) is 43.2 Å². The van der Waals surface area contributed by atoms with Gasteiger partial charge in [0, 0.05) is 18.3 Å². The molecule has 0 saturated heterocycles. The van der Waals surface area contributed by atoms with Crippen LogP contribution in [0.25, 0.3) is 0 Å². The number of carbonyl (C=O) groups is 10. The number of urea groups is 1. The topological polar surface area (TPSA) is 351 Å². The SMILES string of the molecule is CC(C)N[C@@H](CC(=O)O)C(=O)N[C@@H](CC(=O)O)C(=O)N[C@@H](CC(=O)O)C(=O)N[C@H](C(=O)N[C@@H](CCCNC(N)=O)C(=O)Nc1ccc(COC(=O)C(C)C)cc1)C(C)C. The van der Waals surface area contributed by atoms with Crippen molar-refractivity contribution in [2.45, 2.75) is 117 Å². The smallest absolute Gasteiger partial charge is 0.312 e. The van der Waals surface area contributed by atoms with Crippen LogP contribution in [0, 0.1) is 11.8 Å². The molecule has 0 heterocycles. The lowest BCUT2D eigenvalue weighted by atomic mass is 10.0. The standard InChI is InChI=1S/C37H56N8O14/c1-18(2)30(35(56)42-23(8-7-13-39-37(38)58)31(52)41-22-11-9-21(10-12-22)17-59-36(57)19(3)4)45-34(55)26(16-29(50)51)44-33(54)25(15-28(48)49)43-32(53)24(14-27(46)47)40-20(5)6/h9-12,18-20,23-26,30,40H,7-8,13-17H2,1-6H3,(H,41,52)(H,42,56)(H,43,53)(H,44,54)(H,45,55)(H,46,47)(H,48,49)(H,50,51)(H3,38,39,58)/t23-,24-,25-,26-,30-/m0/s1. The van der Waals surface area contributed by atoms with Crippen molar-refractivity contribution in [1.29, 1.82) is 0 Å². The van der Waals surface area contributed by atoms with E-state index in [1.165, 1.54) is 13.8 Å². The van der Waals surface area contributed by atoms with Crippen LogP contribution < -0.4 is 43.0 Å². The van der Waals surface area contributed by atoms with Gasteiger partial charge in [-0.2, -0.15) is 0 Å². The molecule has 1 rings (SSSR count). The Labute approximate surface area is 340 Å². The number of ether oxygens (including phenoxy) is 1. The number of hydrogen-bond donors (Lipinski definition) is 11. The van der Waals surface area contributed by atoms with Crippen molar-refractivity contribution in [2.24, 2.45) is 17.6 Å². The fourth-order valence-corrected chi connectivity index (χ4v) is 5.19. The molecule has 1 aromatic rings. The van der Waals surface area contributed by atoms with Crippen LogP contribution in [-0.4, -0.2) is 118 Å². The van der Waals surface area contributed by atoms with Gasteiger partial charge in [-0.05, 0) is 36.5 Å². The molecule has 12 N–H and O–H groups in total. The summed E-state index contributed by atoms with van der Waals surface area (Å²) in [5.41, 5.74) is 6.08. The second-order valence-corrected chi connectivity index (χ2v) is 14.5. The molecule has 22 nitrogen and oxygen atoms in total. The molecular weight excluding hydrogens is 780 g/mol. The average Bonchev–Trinajstić information content (AvgIpc) is 3.12. The van der Waals surface area contributed by atoms with Gasteiger partial charge in [-0.1, -0.05) is 53.7 Å². The van der Waals surface area contributed by atoms with Gasteiger partial charge in [0.1, 0.15) is 30.8 Å². The van der Waals surface area contributed by atoms with Crippen molar-refractivity contribution < 1.29 is 68.0 Å². The maximum Gasteiger partial charge on any atom is 0.312 e. The molecule has 1 aromatic carbocycles. The molecule has 0 fully saturated rings. The summed E-state index contributed by atoms with van der Waals surface area (Å²) in [7, 11) is 0. The maximum absolute atomic E-state index is 13.7. The van der Waals surface area contributed by atoms with Crippen LogP contribution in [0.4, 0.5) is 10.5 Å². The fourth-order valence-electron chi connectivity index (χ4n) is 5.19. The summed E-state index contributed by atoms with van der Waals surface area (Å²) in [5.74, 6) is -11.1. The molecule has 0 aromatic heterocycles. The minimum absolute atomic E-state index is 0.000746.